The van der Waals surface area contributed by atoms with Crippen LogP contribution in [0, 0.1) is 0 Å². The lowest BCUT2D eigenvalue weighted by Gasteiger charge is -2.25. The van der Waals surface area contributed by atoms with Crippen LogP contribution in [0.1, 0.15) is 0 Å². The lowest BCUT2D eigenvalue weighted by Crippen LogP contribution is -2.32. The zero-order chi connectivity index (χ0) is 14.3. The zero-order valence-corrected chi connectivity index (χ0v) is 12.7. The molecule has 2 aromatic rings. The molecule has 1 N–H and O–H groups in total. The van der Waals surface area contributed by atoms with Crippen molar-refractivity contribution in [3.63, 3.8) is 0 Å². The molecule has 0 bridgehead atoms. The Labute approximate surface area is 124 Å². The molecule has 20 heavy (non-hydrogen) atoms. The maximum absolute atomic E-state index is 10.0. The molecule has 2 heterocycles. The molecule has 1 aromatic carbocycles. The number of hydrogen-bond donors (Lipinski definition) is 1. The minimum Gasteiger partial charge on any atom is -0.425 e. The van der Waals surface area contributed by atoms with Gasteiger partial charge in [0.15, 0.2) is 12.0 Å². The maximum atomic E-state index is 10.0. The van der Waals surface area contributed by atoms with Gasteiger partial charge in [-0.05, 0) is 30.4 Å². The van der Waals surface area contributed by atoms with E-state index in [2.05, 4.69) is 20.9 Å². The summed E-state index contributed by atoms with van der Waals surface area (Å²) in [6.45, 7) is 0. The highest BCUT2D eigenvalue weighted by atomic mass is 79.9. The van der Waals surface area contributed by atoms with Crippen molar-refractivity contribution in [3.05, 3.63) is 46.8 Å². The van der Waals surface area contributed by atoms with Gasteiger partial charge in [0, 0.05) is 24.8 Å². The fourth-order valence-electron chi connectivity index (χ4n) is 2.07. The summed E-state index contributed by atoms with van der Waals surface area (Å²) in [5, 5.41) is 10.0. The summed E-state index contributed by atoms with van der Waals surface area (Å²) in [4.78, 5) is 6.09. The Morgan fingerprint density at radius 3 is 2.95 bits per heavy atom. The van der Waals surface area contributed by atoms with Crippen LogP contribution in [0.2, 0.25) is 0 Å². The van der Waals surface area contributed by atoms with E-state index in [0.717, 1.165) is 15.5 Å². The lowest BCUT2D eigenvalue weighted by atomic mass is 10.3. The Balaban J connectivity index is 1.97. The number of allylic oxidation sites excluding steroid dienone is 2. The minimum absolute atomic E-state index is 0.451. The first-order chi connectivity index (χ1) is 9.56. The highest BCUT2D eigenvalue weighted by molar-refractivity contribution is 9.10. The van der Waals surface area contributed by atoms with E-state index in [-0.39, 0.29) is 0 Å². The number of hydrogen-bond acceptors (Lipinski definition) is 4. The molecule has 5 nitrogen and oxygen atoms in total. The predicted molar refractivity (Wildman–Crippen MR) is 80.0 cm³/mol. The Kier molecular flexibility index (Phi) is 3.27. The minimum atomic E-state index is -0.799. The van der Waals surface area contributed by atoms with Gasteiger partial charge in [0.25, 0.3) is 0 Å². The van der Waals surface area contributed by atoms with E-state index in [4.69, 9.17) is 4.74 Å². The fraction of sp³-hybridized carbons (Fsp3) is 0.214. The second-order valence-electron chi connectivity index (χ2n) is 4.64. The van der Waals surface area contributed by atoms with Crippen LogP contribution < -0.4 is 4.74 Å². The summed E-state index contributed by atoms with van der Waals surface area (Å²) in [6, 6.07) is 6.29. The number of rotatable bonds is 2. The van der Waals surface area contributed by atoms with Crippen molar-refractivity contribution in [1.29, 1.82) is 0 Å². The Morgan fingerprint density at radius 2 is 2.15 bits per heavy atom. The molecule has 0 fully saturated rings. The number of halogens is 1. The van der Waals surface area contributed by atoms with Gasteiger partial charge in [0.05, 0.1) is 11.0 Å². The van der Waals surface area contributed by atoms with Gasteiger partial charge in [-0.15, -0.1) is 0 Å². The van der Waals surface area contributed by atoms with Crippen molar-refractivity contribution in [2.45, 2.75) is 6.23 Å². The van der Waals surface area contributed by atoms with Crippen molar-refractivity contribution >= 4 is 27.0 Å². The van der Waals surface area contributed by atoms with Gasteiger partial charge < -0.3 is 14.7 Å². The van der Waals surface area contributed by atoms with Crippen molar-refractivity contribution in [1.82, 2.24) is 14.5 Å². The monoisotopic (exact) mass is 335 g/mol. The summed E-state index contributed by atoms with van der Waals surface area (Å²) in [6.07, 6.45) is 4.54. The summed E-state index contributed by atoms with van der Waals surface area (Å²) in [7, 11) is 3.66. The third kappa shape index (κ3) is 2.21. The van der Waals surface area contributed by atoms with Crippen LogP contribution in [0.3, 0.4) is 0 Å². The van der Waals surface area contributed by atoms with Crippen molar-refractivity contribution in [2.75, 3.05) is 7.05 Å². The number of aliphatic hydroxyl groups excluding tert-OH is 1. The quantitative estimate of drug-likeness (QED) is 0.915. The Bertz CT molecular complexity index is 721. The van der Waals surface area contributed by atoms with E-state index in [0.29, 0.717) is 11.8 Å². The number of imidazole rings is 1. The van der Waals surface area contributed by atoms with Crippen LogP contribution in [0.4, 0.5) is 0 Å². The van der Waals surface area contributed by atoms with Gasteiger partial charge in [-0.3, -0.25) is 4.57 Å². The smallest absolute Gasteiger partial charge is 0.302 e. The Morgan fingerprint density at radius 1 is 1.35 bits per heavy atom. The van der Waals surface area contributed by atoms with Crippen LogP contribution in [-0.2, 0) is 7.05 Å². The van der Waals surface area contributed by atoms with Crippen LogP contribution in [-0.4, -0.2) is 32.8 Å². The molecular weight excluding hydrogens is 322 g/mol. The van der Waals surface area contributed by atoms with Gasteiger partial charge in [0.2, 0.25) is 0 Å². The highest BCUT2D eigenvalue weighted by Crippen LogP contribution is 2.25. The predicted octanol–water partition coefficient (Wildman–Crippen LogP) is 2.38. The normalized spacial score (nSPS) is 18.5. The average Bonchev–Trinajstić information content (AvgIpc) is 2.72. The number of aliphatic hydroxyl groups is 1. The van der Waals surface area contributed by atoms with Crippen LogP contribution in [0.15, 0.2) is 46.8 Å². The molecule has 1 aromatic heterocycles. The molecule has 1 atom stereocenters. The summed E-state index contributed by atoms with van der Waals surface area (Å²) in [5.41, 5.74) is 1.81. The average molecular weight is 336 g/mol. The standard InChI is InChI=1S/C14H14BrN3O2/c1-17-7-3-4-12(13(17)19)20-14-16-10-6-5-9(15)8-11(10)18(14)2/h3-8,13,19H,1-2H3. The summed E-state index contributed by atoms with van der Waals surface area (Å²) in [5.74, 6) is 0.451. The number of aromatic nitrogens is 2. The van der Waals surface area contributed by atoms with Gasteiger partial charge in [-0.2, -0.15) is 4.98 Å². The van der Waals surface area contributed by atoms with Gasteiger partial charge in [0.1, 0.15) is 0 Å². The molecule has 1 aliphatic rings. The number of nitrogens with zero attached hydrogens (tertiary/aromatic N) is 3. The first-order valence-corrected chi connectivity index (χ1v) is 6.94. The molecule has 0 radical (unpaired) electrons. The number of aryl methyl sites for hydroxylation is 1. The molecule has 6 heteroatoms. The van der Waals surface area contributed by atoms with E-state index in [1.807, 2.05) is 35.9 Å². The van der Waals surface area contributed by atoms with E-state index in [1.165, 1.54) is 0 Å². The molecule has 0 aliphatic carbocycles. The third-order valence-corrected chi connectivity index (χ3v) is 3.73. The van der Waals surface area contributed by atoms with Crippen molar-refractivity contribution < 1.29 is 9.84 Å². The van der Waals surface area contributed by atoms with E-state index >= 15 is 0 Å². The van der Waals surface area contributed by atoms with Crippen LogP contribution >= 0.6 is 15.9 Å². The van der Waals surface area contributed by atoms with Gasteiger partial charge in [-0.1, -0.05) is 15.9 Å². The van der Waals surface area contributed by atoms with Gasteiger partial charge in [-0.25, -0.2) is 0 Å². The molecule has 0 amide bonds. The van der Waals surface area contributed by atoms with E-state index in [1.54, 1.807) is 24.2 Å². The second-order valence-corrected chi connectivity index (χ2v) is 5.55. The van der Waals surface area contributed by atoms with Gasteiger partial charge >= 0.3 is 6.01 Å². The van der Waals surface area contributed by atoms with Crippen LogP contribution in [0.25, 0.3) is 11.0 Å². The maximum Gasteiger partial charge on any atom is 0.302 e. The fourth-order valence-corrected chi connectivity index (χ4v) is 2.42. The number of fused-ring (bicyclic) bond motifs is 1. The molecule has 1 unspecified atom stereocenters. The SMILES string of the molecule is CN1C=CC=C(Oc2nc3ccc(Br)cc3n2C)C1O. The molecular formula is C14H14BrN3O2. The Hall–Kier alpha value is -1.79. The second kappa shape index (κ2) is 4.96. The highest BCUT2D eigenvalue weighted by Gasteiger charge is 2.20. The third-order valence-electron chi connectivity index (χ3n) is 3.23. The first-order valence-electron chi connectivity index (χ1n) is 6.14. The summed E-state index contributed by atoms with van der Waals surface area (Å²) >= 11 is 3.44. The molecule has 0 spiro atoms. The largest absolute Gasteiger partial charge is 0.425 e. The van der Waals surface area contributed by atoms with Crippen molar-refractivity contribution in [2.24, 2.45) is 7.05 Å². The molecule has 104 valence electrons. The van der Waals surface area contributed by atoms with E-state index in [9.17, 15) is 5.11 Å². The molecule has 3 rings (SSSR count). The summed E-state index contributed by atoms with van der Waals surface area (Å²) < 4.78 is 8.59. The number of benzene rings is 1. The lowest BCUT2D eigenvalue weighted by molar-refractivity contribution is 0.0499. The van der Waals surface area contributed by atoms with E-state index < -0.39 is 6.23 Å². The first kappa shape index (κ1) is 13.2. The topological polar surface area (TPSA) is 50.5 Å². The van der Waals surface area contributed by atoms with Crippen LogP contribution in [0.5, 0.6) is 6.01 Å². The van der Waals surface area contributed by atoms with Crippen molar-refractivity contribution in [3.8, 4) is 6.01 Å². The molecule has 0 saturated heterocycles. The molecule has 0 saturated carbocycles. The number of likely N-dealkylation sites (N-methyl/N-ethyl adjacent to an activating group) is 1. The zero-order valence-electron chi connectivity index (χ0n) is 11.1. The number of ether oxygens (including phenoxy) is 1. The molecule has 1 aliphatic heterocycles.